The van der Waals surface area contributed by atoms with E-state index in [0.717, 1.165) is 5.56 Å². The summed E-state index contributed by atoms with van der Waals surface area (Å²) in [6.45, 7) is 0. The molecule has 1 atom stereocenters. The molecule has 1 saturated heterocycles. The fraction of sp³-hybridized carbons (Fsp3) is 0.0357. The Kier molecular flexibility index (Phi) is 5.68. The van der Waals surface area contributed by atoms with Gasteiger partial charge in [-0.15, -0.1) is 0 Å². The summed E-state index contributed by atoms with van der Waals surface area (Å²) in [7, 11) is -3.44. The van der Waals surface area contributed by atoms with Gasteiger partial charge in [0, 0.05) is 16.2 Å². The van der Waals surface area contributed by atoms with Crippen molar-refractivity contribution in [3.63, 3.8) is 0 Å². The molecular formula is C28H22NO3P. The molecule has 0 radical (unpaired) electrons. The molecule has 1 unspecified atom stereocenters. The molecule has 33 heavy (non-hydrogen) atoms. The van der Waals surface area contributed by atoms with Crippen LogP contribution in [0.3, 0.4) is 0 Å². The molecule has 4 nitrogen and oxygen atoms in total. The summed E-state index contributed by atoms with van der Waals surface area (Å²) in [5.74, 6) is -0.519. The molecule has 5 rings (SSSR count). The van der Waals surface area contributed by atoms with Gasteiger partial charge in [-0.05, 0) is 5.56 Å². The van der Waals surface area contributed by atoms with Crippen molar-refractivity contribution in [2.45, 2.75) is 6.23 Å². The molecule has 4 aromatic carbocycles. The van der Waals surface area contributed by atoms with E-state index in [1.807, 2.05) is 121 Å². The second-order valence-corrected chi connectivity index (χ2v) is 10.4. The number of nitrogens with one attached hydrogen (secondary N) is 1. The summed E-state index contributed by atoms with van der Waals surface area (Å²) in [4.78, 5) is 13.2. The van der Waals surface area contributed by atoms with Gasteiger partial charge in [0.15, 0.2) is 13.4 Å². The van der Waals surface area contributed by atoms with Crippen LogP contribution in [-0.2, 0) is 14.1 Å². The van der Waals surface area contributed by atoms with Crippen molar-refractivity contribution >= 4 is 29.0 Å². The molecule has 1 aliphatic rings. The van der Waals surface area contributed by atoms with Gasteiger partial charge in [0.1, 0.15) is 5.70 Å². The number of benzene rings is 4. The van der Waals surface area contributed by atoms with Crippen molar-refractivity contribution in [1.29, 1.82) is 0 Å². The molecule has 4 aromatic rings. The third kappa shape index (κ3) is 3.90. The first-order valence-corrected chi connectivity index (χ1v) is 12.4. The Hall–Kier alpha value is -3.88. The van der Waals surface area contributed by atoms with E-state index < -0.39 is 19.3 Å². The highest BCUT2D eigenvalue weighted by Crippen LogP contribution is 2.58. The first-order valence-electron chi connectivity index (χ1n) is 10.7. The Bertz CT molecular complexity index is 1290. The number of rotatable bonds is 5. The highest BCUT2D eigenvalue weighted by molar-refractivity contribution is 7.87. The smallest absolute Gasteiger partial charge is 0.357 e. The fourth-order valence-corrected chi connectivity index (χ4v) is 7.07. The largest absolute Gasteiger partial charge is 0.433 e. The summed E-state index contributed by atoms with van der Waals surface area (Å²) in [6.07, 6.45) is -0.646. The number of hydrogen-bond donors (Lipinski definition) is 1. The van der Waals surface area contributed by atoms with Crippen molar-refractivity contribution < 1.29 is 14.1 Å². The maximum absolute atomic E-state index is 15.2. The average molecular weight is 451 g/mol. The fourth-order valence-electron chi connectivity index (χ4n) is 4.09. The van der Waals surface area contributed by atoms with Crippen LogP contribution in [0.25, 0.3) is 5.31 Å². The summed E-state index contributed by atoms with van der Waals surface area (Å²) < 4.78 is 20.9. The zero-order valence-corrected chi connectivity index (χ0v) is 18.7. The average Bonchev–Trinajstić information content (AvgIpc) is 3.27. The van der Waals surface area contributed by atoms with E-state index in [9.17, 15) is 4.79 Å². The van der Waals surface area contributed by atoms with E-state index >= 15 is 4.57 Å². The van der Waals surface area contributed by atoms with Gasteiger partial charge in [-0.1, -0.05) is 121 Å². The molecule has 1 aliphatic heterocycles. The number of cyclic esters (lactones) is 1. The molecule has 0 aromatic heterocycles. The summed E-state index contributed by atoms with van der Waals surface area (Å²) in [5, 5.41) is 4.99. The molecule has 0 saturated carbocycles. The second-order valence-electron chi connectivity index (χ2n) is 7.71. The Labute approximate surface area is 192 Å². The minimum atomic E-state index is -3.44. The van der Waals surface area contributed by atoms with Crippen molar-refractivity contribution in [2.75, 3.05) is 0 Å². The van der Waals surface area contributed by atoms with Crippen LogP contribution in [0.4, 0.5) is 0 Å². The first kappa shape index (κ1) is 21.0. The SMILES string of the molecule is O=C1OC(c2ccccc2)NC1=C(c1ccccc1)P(=O)(c1ccccc1)c1ccccc1. The number of ether oxygens (including phenoxy) is 1. The van der Waals surface area contributed by atoms with Crippen LogP contribution in [0.2, 0.25) is 0 Å². The molecule has 0 bridgehead atoms. The maximum atomic E-state index is 15.2. The van der Waals surface area contributed by atoms with Gasteiger partial charge >= 0.3 is 5.97 Å². The lowest BCUT2D eigenvalue weighted by molar-refractivity contribution is -0.139. The summed E-state index contributed by atoms with van der Waals surface area (Å²) in [5.41, 5.74) is 1.76. The minimum Gasteiger partial charge on any atom is -0.433 e. The standard InChI is InChI=1S/C28H22NO3P/c30-28-25(29-27(32-28)22-15-7-2-8-16-22)26(21-13-5-1-6-14-21)33(31,23-17-9-3-10-18-23)24-19-11-4-12-20-24/h1-20,27,29H. The van der Waals surface area contributed by atoms with Gasteiger partial charge in [0.2, 0.25) is 0 Å². The number of carbonyl (C=O) groups is 1. The van der Waals surface area contributed by atoms with E-state index in [1.165, 1.54) is 0 Å². The summed E-state index contributed by atoms with van der Waals surface area (Å²) >= 11 is 0. The number of carbonyl (C=O) groups excluding carboxylic acids is 1. The van der Waals surface area contributed by atoms with Crippen molar-refractivity contribution in [3.8, 4) is 0 Å². The Morgan fingerprint density at radius 1 is 0.667 bits per heavy atom. The van der Waals surface area contributed by atoms with Crippen LogP contribution in [0.5, 0.6) is 0 Å². The molecule has 1 heterocycles. The molecule has 1 N–H and O–H groups in total. The zero-order valence-electron chi connectivity index (χ0n) is 17.8. The quantitative estimate of drug-likeness (QED) is 0.257. The van der Waals surface area contributed by atoms with Crippen LogP contribution in [-0.4, -0.2) is 5.97 Å². The van der Waals surface area contributed by atoms with Gasteiger partial charge < -0.3 is 14.6 Å². The highest BCUT2D eigenvalue weighted by Gasteiger charge is 2.41. The predicted molar refractivity (Wildman–Crippen MR) is 132 cm³/mol. The Morgan fingerprint density at radius 2 is 1.12 bits per heavy atom. The Balaban J connectivity index is 1.78. The zero-order chi connectivity index (χ0) is 22.7. The molecule has 0 amide bonds. The maximum Gasteiger partial charge on any atom is 0.357 e. The predicted octanol–water partition coefficient (Wildman–Crippen LogP) is 5.21. The van der Waals surface area contributed by atoms with Crippen LogP contribution in [0, 0.1) is 0 Å². The number of hydrogen-bond acceptors (Lipinski definition) is 4. The third-order valence-corrected chi connectivity index (χ3v) is 8.81. The lowest BCUT2D eigenvalue weighted by atomic mass is 10.2. The highest BCUT2D eigenvalue weighted by atomic mass is 31.2. The van der Waals surface area contributed by atoms with Crippen LogP contribution >= 0.6 is 7.14 Å². The lowest BCUT2D eigenvalue weighted by Gasteiger charge is -2.24. The summed E-state index contributed by atoms with van der Waals surface area (Å²) in [6, 6.07) is 37.6. The van der Waals surface area contributed by atoms with Gasteiger partial charge in [0.25, 0.3) is 0 Å². The molecule has 5 heteroatoms. The monoisotopic (exact) mass is 451 g/mol. The molecule has 162 valence electrons. The minimum absolute atomic E-state index is 0.228. The van der Waals surface area contributed by atoms with Gasteiger partial charge in [-0.25, -0.2) is 4.79 Å². The van der Waals surface area contributed by atoms with Crippen molar-refractivity contribution in [1.82, 2.24) is 5.32 Å². The van der Waals surface area contributed by atoms with E-state index in [0.29, 0.717) is 21.5 Å². The van der Waals surface area contributed by atoms with E-state index in [2.05, 4.69) is 5.32 Å². The van der Waals surface area contributed by atoms with Gasteiger partial charge in [0.05, 0.1) is 5.31 Å². The van der Waals surface area contributed by atoms with Gasteiger partial charge in [-0.2, -0.15) is 0 Å². The van der Waals surface area contributed by atoms with Gasteiger partial charge in [-0.3, -0.25) is 0 Å². The molecular weight excluding hydrogens is 429 g/mol. The van der Waals surface area contributed by atoms with E-state index in [4.69, 9.17) is 4.74 Å². The Morgan fingerprint density at radius 3 is 1.64 bits per heavy atom. The lowest BCUT2D eigenvalue weighted by Crippen LogP contribution is -2.21. The topological polar surface area (TPSA) is 55.4 Å². The van der Waals surface area contributed by atoms with E-state index in [-0.39, 0.29) is 5.70 Å². The first-order chi connectivity index (χ1) is 16.2. The van der Waals surface area contributed by atoms with Crippen molar-refractivity contribution in [3.05, 3.63) is 138 Å². The normalized spacial score (nSPS) is 17.2. The van der Waals surface area contributed by atoms with Crippen LogP contribution in [0.1, 0.15) is 17.4 Å². The number of esters is 1. The third-order valence-electron chi connectivity index (χ3n) is 5.65. The molecule has 0 spiro atoms. The van der Waals surface area contributed by atoms with Crippen LogP contribution < -0.4 is 15.9 Å². The second kappa shape index (κ2) is 8.93. The van der Waals surface area contributed by atoms with Crippen LogP contribution in [0.15, 0.2) is 127 Å². The van der Waals surface area contributed by atoms with Crippen molar-refractivity contribution in [2.24, 2.45) is 0 Å². The van der Waals surface area contributed by atoms with E-state index in [1.54, 1.807) is 0 Å². The molecule has 1 fully saturated rings. The molecule has 0 aliphatic carbocycles.